The molecule has 0 spiro atoms. The fraction of sp³-hybridized carbons (Fsp3) is 0.222. The van der Waals surface area contributed by atoms with E-state index in [9.17, 15) is 9.59 Å². The Morgan fingerprint density at radius 3 is 2.43 bits per heavy atom. The Balaban J connectivity index is 2.02. The zero-order valence-electron chi connectivity index (χ0n) is 13.2. The Bertz CT molecular complexity index is 701. The van der Waals surface area contributed by atoms with Crippen molar-refractivity contribution in [3.05, 3.63) is 64.1 Å². The van der Waals surface area contributed by atoms with E-state index in [0.717, 1.165) is 15.6 Å². The number of carbonyl (C=O) groups is 2. The number of nitrogens with one attached hydrogen (secondary N) is 1. The average Bonchev–Trinajstić information content (AvgIpc) is 2.54. The van der Waals surface area contributed by atoms with Crippen LogP contribution >= 0.6 is 15.9 Å². The van der Waals surface area contributed by atoms with Crippen LogP contribution in [0.1, 0.15) is 18.1 Å². The predicted molar refractivity (Wildman–Crippen MR) is 95.2 cm³/mol. The SMILES string of the molecule is CC(=O)N(CC(=O)NCc1ccccc1)c1ccc(C)c(Br)c1. The van der Waals surface area contributed by atoms with Gasteiger partial charge in [0.2, 0.25) is 11.8 Å². The highest BCUT2D eigenvalue weighted by Crippen LogP contribution is 2.23. The quantitative estimate of drug-likeness (QED) is 0.871. The summed E-state index contributed by atoms with van der Waals surface area (Å²) in [6.45, 7) is 3.87. The number of benzene rings is 2. The Morgan fingerprint density at radius 2 is 1.83 bits per heavy atom. The molecule has 2 aromatic rings. The van der Waals surface area contributed by atoms with Crippen molar-refractivity contribution in [1.29, 1.82) is 0 Å². The van der Waals surface area contributed by atoms with Crippen molar-refractivity contribution < 1.29 is 9.59 Å². The molecule has 0 radical (unpaired) electrons. The van der Waals surface area contributed by atoms with Crippen LogP contribution in [0.3, 0.4) is 0 Å². The zero-order chi connectivity index (χ0) is 16.8. The van der Waals surface area contributed by atoms with Gasteiger partial charge in [-0.2, -0.15) is 0 Å². The van der Waals surface area contributed by atoms with Gasteiger partial charge in [0.05, 0.1) is 0 Å². The molecular formula is C18H19BrN2O2. The molecule has 0 aromatic heterocycles. The van der Waals surface area contributed by atoms with Crippen molar-refractivity contribution in [3.63, 3.8) is 0 Å². The minimum absolute atomic E-state index is 0.00231. The summed E-state index contributed by atoms with van der Waals surface area (Å²) in [4.78, 5) is 25.5. The van der Waals surface area contributed by atoms with E-state index in [2.05, 4.69) is 21.2 Å². The molecule has 2 amide bonds. The molecule has 0 aliphatic carbocycles. The van der Waals surface area contributed by atoms with Crippen LogP contribution < -0.4 is 10.2 Å². The number of aryl methyl sites for hydroxylation is 1. The summed E-state index contributed by atoms with van der Waals surface area (Å²) in [5.41, 5.74) is 2.80. The maximum Gasteiger partial charge on any atom is 0.240 e. The second-order valence-electron chi connectivity index (χ2n) is 5.30. The van der Waals surface area contributed by atoms with Crippen molar-refractivity contribution in [2.24, 2.45) is 0 Å². The molecule has 1 N–H and O–H groups in total. The summed E-state index contributed by atoms with van der Waals surface area (Å²) in [7, 11) is 0. The van der Waals surface area contributed by atoms with Crippen molar-refractivity contribution in [3.8, 4) is 0 Å². The van der Waals surface area contributed by atoms with Gasteiger partial charge in [-0.3, -0.25) is 9.59 Å². The molecule has 2 rings (SSSR count). The van der Waals surface area contributed by atoms with Crippen LogP contribution in [-0.4, -0.2) is 18.4 Å². The van der Waals surface area contributed by atoms with Crippen LogP contribution in [0.5, 0.6) is 0 Å². The molecule has 0 saturated heterocycles. The van der Waals surface area contributed by atoms with Crippen molar-refractivity contribution in [2.75, 3.05) is 11.4 Å². The van der Waals surface area contributed by atoms with E-state index in [0.29, 0.717) is 12.2 Å². The smallest absolute Gasteiger partial charge is 0.240 e. The molecule has 0 bridgehead atoms. The van der Waals surface area contributed by atoms with Gasteiger partial charge in [-0.1, -0.05) is 52.3 Å². The first kappa shape index (κ1) is 17.2. The molecule has 5 heteroatoms. The maximum atomic E-state index is 12.1. The number of anilines is 1. The topological polar surface area (TPSA) is 49.4 Å². The third kappa shape index (κ3) is 4.93. The van der Waals surface area contributed by atoms with Gasteiger partial charge in [0.15, 0.2) is 0 Å². The third-order valence-corrected chi connectivity index (χ3v) is 4.34. The average molecular weight is 375 g/mol. The third-order valence-electron chi connectivity index (χ3n) is 3.48. The van der Waals surface area contributed by atoms with Gasteiger partial charge in [-0.05, 0) is 30.2 Å². The van der Waals surface area contributed by atoms with E-state index >= 15 is 0 Å². The molecule has 0 aliphatic rings. The minimum Gasteiger partial charge on any atom is -0.350 e. The Kier molecular flexibility index (Phi) is 5.93. The van der Waals surface area contributed by atoms with Gasteiger partial charge in [-0.25, -0.2) is 0 Å². The normalized spacial score (nSPS) is 10.2. The first-order valence-corrected chi connectivity index (χ1v) is 8.11. The Morgan fingerprint density at radius 1 is 1.13 bits per heavy atom. The van der Waals surface area contributed by atoms with Gasteiger partial charge in [0.1, 0.15) is 6.54 Å². The van der Waals surface area contributed by atoms with Crippen molar-refractivity contribution in [1.82, 2.24) is 5.32 Å². The molecule has 0 aliphatic heterocycles. The van der Waals surface area contributed by atoms with E-state index in [1.165, 1.54) is 11.8 Å². The Hall–Kier alpha value is -2.14. The van der Waals surface area contributed by atoms with Gasteiger partial charge in [0.25, 0.3) is 0 Å². The first-order chi connectivity index (χ1) is 11.0. The molecule has 0 unspecified atom stereocenters. The van der Waals surface area contributed by atoms with Gasteiger partial charge in [0, 0.05) is 23.6 Å². The lowest BCUT2D eigenvalue weighted by molar-refractivity contribution is -0.123. The van der Waals surface area contributed by atoms with E-state index in [1.807, 2.05) is 55.5 Å². The molecular weight excluding hydrogens is 356 g/mol. The fourth-order valence-corrected chi connectivity index (χ4v) is 2.50. The number of hydrogen-bond donors (Lipinski definition) is 1. The van der Waals surface area contributed by atoms with Crippen LogP contribution in [0, 0.1) is 6.92 Å². The molecule has 0 saturated carbocycles. The van der Waals surface area contributed by atoms with Gasteiger partial charge >= 0.3 is 0 Å². The lowest BCUT2D eigenvalue weighted by Gasteiger charge is -2.21. The summed E-state index contributed by atoms with van der Waals surface area (Å²) in [5.74, 6) is -0.364. The molecule has 0 heterocycles. The van der Waals surface area contributed by atoms with Crippen LogP contribution in [0.15, 0.2) is 53.0 Å². The predicted octanol–water partition coefficient (Wildman–Crippen LogP) is 3.43. The van der Waals surface area contributed by atoms with E-state index in [1.54, 1.807) is 0 Å². The summed E-state index contributed by atoms with van der Waals surface area (Å²) in [6.07, 6.45) is 0. The van der Waals surface area contributed by atoms with Gasteiger partial charge in [-0.15, -0.1) is 0 Å². The van der Waals surface area contributed by atoms with E-state index in [-0.39, 0.29) is 18.4 Å². The summed E-state index contributed by atoms with van der Waals surface area (Å²) < 4.78 is 0.908. The molecule has 0 fully saturated rings. The second-order valence-corrected chi connectivity index (χ2v) is 6.16. The molecule has 120 valence electrons. The summed E-state index contributed by atoms with van der Waals surface area (Å²) in [5, 5.41) is 2.84. The molecule has 2 aromatic carbocycles. The van der Waals surface area contributed by atoms with E-state index in [4.69, 9.17) is 0 Å². The fourth-order valence-electron chi connectivity index (χ4n) is 2.13. The lowest BCUT2D eigenvalue weighted by Crippen LogP contribution is -2.39. The second kappa shape index (κ2) is 7.92. The number of carbonyl (C=O) groups excluding carboxylic acids is 2. The minimum atomic E-state index is -0.194. The van der Waals surface area contributed by atoms with Crippen LogP contribution in [0.25, 0.3) is 0 Å². The van der Waals surface area contributed by atoms with Gasteiger partial charge < -0.3 is 10.2 Å². The van der Waals surface area contributed by atoms with Crippen LogP contribution in [0.2, 0.25) is 0 Å². The number of nitrogens with zero attached hydrogens (tertiary/aromatic N) is 1. The van der Waals surface area contributed by atoms with Crippen LogP contribution in [-0.2, 0) is 16.1 Å². The highest BCUT2D eigenvalue weighted by atomic mass is 79.9. The van der Waals surface area contributed by atoms with Crippen molar-refractivity contribution >= 4 is 33.4 Å². The first-order valence-electron chi connectivity index (χ1n) is 7.32. The highest BCUT2D eigenvalue weighted by Gasteiger charge is 2.16. The number of halogens is 1. The Labute approximate surface area is 144 Å². The number of amides is 2. The van der Waals surface area contributed by atoms with E-state index < -0.39 is 0 Å². The lowest BCUT2D eigenvalue weighted by atomic mass is 10.2. The maximum absolute atomic E-state index is 12.1. The monoisotopic (exact) mass is 374 g/mol. The zero-order valence-corrected chi connectivity index (χ0v) is 14.8. The highest BCUT2D eigenvalue weighted by molar-refractivity contribution is 9.10. The molecule has 0 atom stereocenters. The largest absolute Gasteiger partial charge is 0.350 e. The summed E-state index contributed by atoms with van der Waals surface area (Å²) in [6, 6.07) is 15.3. The standard InChI is InChI=1S/C18H19BrN2O2/c1-13-8-9-16(10-17(13)19)21(14(2)22)12-18(23)20-11-15-6-4-3-5-7-15/h3-10H,11-12H2,1-2H3,(H,20,23). The molecule has 23 heavy (non-hydrogen) atoms. The molecule has 4 nitrogen and oxygen atoms in total. The summed E-state index contributed by atoms with van der Waals surface area (Å²) >= 11 is 3.45. The van der Waals surface area contributed by atoms with Crippen LogP contribution in [0.4, 0.5) is 5.69 Å². The van der Waals surface area contributed by atoms with Crippen molar-refractivity contribution in [2.45, 2.75) is 20.4 Å². The number of hydrogen-bond acceptors (Lipinski definition) is 2. The number of rotatable bonds is 5.